The van der Waals surface area contributed by atoms with Crippen LogP contribution in [0, 0.1) is 0 Å². The van der Waals surface area contributed by atoms with Crippen molar-refractivity contribution >= 4 is 5.97 Å². The zero-order valence-corrected chi connectivity index (χ0v) is 16.6. The summed E-state index contributed by atoms with van der Waals surface area (Å²) in [5.74, 6) is 1.28. The lowest BCUT2D eigenvalue weighted by molar-refractivity contribution is 0.0697. The topological polar surface area (TPSA) is 65.0 Å². The van der Waals surface area contributed by atoms with E-state index >= 15 is 0 Å². The first-order valence-electron chi connectivity index (χ1n) is 9.34. The van der Waals surface area contributed by atoms with Gasteiger partial charge in [-0.05, 0) is 59.9 Å². The quantitative estimate of drug-likeness (QED) is 0.568. The zero-order chi connectivity index (χ0) is 20.6. The molecule has 0 saturated heterocycles. The number of aryl methyl sites for hydroxylation is 2. The molecule has 0 unspecified atom stereocenters. The van der Waals surface area contributed by atoms with Crippen LogP contribution in [0.2, 0.25) is 0 Å². The van der Waals surface area contributed by atoms with Crippen molar-refractivity contribution in [2.75, 3.05) is 14.2 Å². The van der Waals surface area contributed by atoms with Gasteiger partial charge < -0.3 is 19.3 Å². The van der Waals surface area contributed by atoms with Crippen molar-refractivity contribution in [1.29, 1.82) is 0 Å². The summed E-state index contributed by atoms with van der Waals surface area (Å²) in [6.07, 6.45) is 1.51. The van der Waals surface area contributed by atoms with Crippen molar-refractivity contribution in [3.8, 4) is 17.2 Å². The van der Waals surface area contributed by atoms with E-state index in [-0.39, 0.29) is 5.56 Å². The third-order valence-electron chi connectivity index (χ3n) is 4.68. The Morgan fingerprint density at radius 2 is 1.62 bits per heavy atom. The second kappa shape index (κ2) is 9.64. The molecule has 29 heavy (non-hydrogen) atoms. The number of methoxy groups -OCH3 is 2. The molecule has 5 heteroatoms. The standard InChI is InChI=1S/C24H24O5/c1-27-21-7-3-5-18(15-21)16-29-23-19(6-4-8-22(23)28-2)12-9-17-10-13-20(14-11-17)24(25)26/h3-8,10-11,13-15H,9,12,16H2,1-2H3,(H,25,26). The molecule has 0 aromatic heterocycles. The van der Waals surface area contributed by atoms with E-state index in [9.17, 15) is 4.79 Å². The summed E-state index contributed by atoms with van der Waals surface area (Å²) in [5, 5.41) is 9.03. The number of aromatic carboxylic acids is 1. The minimum atomic E-state index is -0.919. The number of rotatable bonds is 9. The van der Waals surface area contributed by atoms with Crippen LogP contribution in [0.1, 0.15) is 27.0 Å². The Morgan fingerprint density at radius 3 is 2.31 bits per heavy atom. The maximum absolute atomic E-state index is 11.0. The lowest BCUT2D eigenvalue weighted by Gasteiger charge is -2.15. The molecule has 1 N–H and O–H groups in total. The fraction of sp³-hybridized carbons (Fsp3) is 0.208. The Balaban J connectivity index is 1.73. The monoisotopic (exact) mass is 392 g/mol. The van der Waals surface area contributed by atoms with Crippen molar-refractivity contribution in [2.45, 2.75) is 19.4 Å². The summed E-state index contributed by atoms with van der Waals surface area (Å²) >= 11 is 0. The van der Waals surface area contributed by atoms with Gasteiger partial charge >= 0.3 is 5.97 Å². The highest BCUT2D eigenvalue weighted by Crippen LogP contribution is 2.33. The Kier molecular flexibility index (Phi) is 6.74. The van der Waals surface area contributed by atoms with Gasteiger partial charge in [-0.2, -0.15) is 0 Å². The van der Waals surface area contributed by atoms with Gasteiger partial charge in [-0.1, -0.05) is 36.4 Å². The number of carboxylic acid groups (broad SMARTS) is 1. The summed E-state index contributed by atoms with van der Waals surface area (Å²) in [7, 11) is 3.27. The second-order valence-corrected chi connectivity index (χ2v) is 6.59. The predicted molar refractivity (Wildman–Crippen MR) is 111 cm³/mol. The lowest BCUT2D eigenvalue weighted by atomic mass is 10.0. The molecule has 3 aromatic rings. The summed E-state index contributed by atoms with van der Waals surface area (Å²) in [5.41, 5.74) is 3.40. The first kappa shape index (κ1) is 20.3. The van der Waals surface area contributed by atoms with E-state index in [1.165, 1.54) is 0 Å². The van der Waals surface area contributed by atoms with Gasteiger partial charge in [0.25, 0.3) is 0 Å². The van der Waals surface area contributed by atoms with Crippen LogP contribution in [0.25, 0.3) is 0 Å². The fourth-order valence-corrected chi connectivity index (χ4v) is 3.09. The molecule has 0 radical (unpaired) electrons. The van der Waals surface area contributed by atoms with Crippen LogP contribution in [0.3, 0.4) is 0 Å². The van der Waals surface area contributed by atoms with E-state index in [0.29, 0.717) is 12.4 Å². The van der Waals surface area contributed by atoms with E-state index in [0.717, 1.165) is 41.0 Å². The minimum absolute atomic E-state index is 0.289. The first-order chi connectivity index (χ1) is 14.1. The molecule has 150 valence electrons. The Morgan fingerprint density at radius 1 is 0.862 bits per heavy atom. The summed E-state index contributed by atoms with van der Waals surface area (Å²) in [6, 6.07) is 20.6. The molecule has 0 heterocycles. The molecule has 0 aliphatic rings. The van der Waals surface area contributed by atoms with Crippen LogP contribution >= 0.6 is 0 Å². The van der Waals surface area contributed by atoms with Gasteiger partial charge in [0, 0.05) is 0 Å². The van der Waals surface area contributed by atoms with Crippen LogP contribution in [0.15, 0.2) is 66.7 Å². The molecule has 5 nitrogen and oxygen atoms in total. The third kappa shape index (κ3) is 5.29. The van der Waals surface area contributed by atoms with Crippen LogP contribution in [-0.4, -0.2) is 25.3 Å². The number of benzene rings is 3. The molecule has 0 fully saturated rings. The molecule has 0 amide bonds. The normalized spacial score (nSPS) is 10.4. The molecule has 0 spiro atoms. The smallest absolute Gasteiger partial charge is 0.335 e. The van der Waals surface area contributed by atoms with Crippen molar-refractivity contribution in [1.82, 2.24) is 0 Å². The van der Waals surface area contributed by atoms with Crippen molar-refractivity contribution < 1.29 is 24.1 Å². The molecule has 3 aromatic carbocycles. The van der Waals surface area contributed by atoms with E-state index in [1.54, 1.807) is 26.4 Å². The van der Waals surface area contributed by atoms with Gasteiger partial charge in [0.05, 0.1) is 19.8 Å². The van der Waals surface area contributed by atoms with E-state index in [4.69, 9.17) is 19.3 Å². The maximum Gasteiger partial charge on any atom is 0.335 e. The van der Waals surface area contributed by atoms with Crippen molar-refractivity contribution in [3.05, 3.63) is 89.0 Å². The Bertz CT molecular complexity index is 963. The van der Waals surface area contributed by atoms with Crippen LogP contribution in [-0.2, 0) is 19.4 Å². The number of carboxylic acids is 1. The molecular weight excluding hydrogens is 368 g/mol. The SMILES string of the molecule is COc1cccc(COc2c(CCc3ccc(C(=O)O)cc3)cccc2OC)c1. The number of hydrogen-bond acceptors (Lipinski definition) is 4. The highest BCUT2D eigenvalue weighted by molar-refractivity contribution is 5.87. The third-order valence-corrected chi connectivity index (χ3v) is 4.68. The zero-order valence-electron chi connectivity index (χ0n) is 16.6. The molecule has 0 aliphatic heterocycles. The maximum atomic E-state index is 11.0. The Labute approximate surface area is 170 Å². The van der Waals surface area contributed by atoms with Crippen LogP contribution < -0.4 is 14.2 Å². The highest BCUT2D eigenvalue weighted by Gasteiger charge is 2.12. The average molecular weight is 392 g/mol. The largest absolute Gasteiger partial charge is 0.497 e. The molecule has 0 atom stereocenters. The lowest BCUT2D eigenvalue weighted by Crippen LogP contribution is -2.03. The fourth-order valence-electron chi connectivity index (χ4n) is 3.09. The van der Waals surface area contributed by atoms with Crippen molar-refractivity contribution in [3.63, 3.8) is 0 Å². The molecule has 0 bridgehead atoms. The van der Waals surface area contributed by atoms with Gasteiger partial charge in [-0.25, -0.2) is 4.79 Å². The van der Waals surface area contributed by atoms with E-state index < -0.39 is 5.97 Å². The van der Waals surface area contributed by atoms with Crippen molar-refractivity contribution in [2.24, 2.45) is 0 Å². The van der Waals surface area contributed by atoms with Crippen LogP contribution in [0.4, 0.5) is 0 Å². The number of ether oxygens (including phenoxy) is 3. The summed E-state index contributed by atoms with van der Waals surface area (Å²) in [4.78, 5) is 11.0. The summed E-state index contributed by atoms with van der Waals surface area (Å²) in [6.45, 7) is 0.401. The van der Waals surface area contributed by atoms with E-state index in [2.05, 4.69) is 0 Å². The van der Waals surface area contributed by atoms with Crippen LogP contribution in [0.5, 0.6) is 17.2 Å². The molecular formula is C24H24O5. The average Bonchev–Trinajstić information content (AvgIpc) is 2.76. The van der Waals surface area contributed by atoms with E-state index in [1.807, 2.05) is 54.6 Å². The minimum Gasteiger partial charge on any atom is -0.497 e. The molecule has 3 rings (SSSR count). The van der Waals surface area contributed by atoms with Gasteiger partial charge in [0.2, 0.25) is 0 Å². The Hall–Kier alpha value is -3.47. The summed E-state index contributed by atoms with van der Waals surface area (Å²) < 4.78 is 16.9. The van der Waals surface area contributed by atoms with Gasteiger partial charge in [0.1, 0.15) is 12.4 Å². The number of carbonyl (C=O) groups is 1. The number of hydrogen-bond donors (Lipinski definition) is 1. The number of para-hydroxylation sites is 1. The molecule has 0 aliphatic carbocycles. The predicted octanol–water partition coefficient (Wildman–Crippen LogP) is 4.77. The first-order valence-corrected chi connectivity index (χ1v) is 9.34. The van der Waals surface area contributed by atoms with Gasteiger partial charge in [-0.3, -0.25) is 0 Å². The molecule has 0 saturated carbocycles. The van der Waals surface area contributed by atoms with Gasteiger partial charge in [-0.15, -0.1) is 0 Å². The second-order valence-electron chi connectivity index (χ2n) is 6.59. The van der Waals surface area contributed by atoms with Gasteiger partial charge in [0.15, 0.2) is 11.5 Å². The highest BCUT2D eigenvalue weighted by atomic mass is 16.5.